The zero-order chi connectivity index (χ0) is 15.8. The maximum atomic E-state index is 12.7. The van der Waals surface area contributed by atoms with E-state index in [-0.39, 0.29) is 5.91 Å². The minimum atomic E-state index is 0.0518. The molecule has 2 atom stereocenters. The summed E-state index contributed by atoms with van der Waals surface area (Å²) in [7, 11) is 0. The third-order valence-corrected chi connectivity index (χ3v) is 5.02. The van der Waals surface area contributed by atoms with Gasteiger partial charge in [-0.15, -0.1) is 0 Å². The van der Waals surface area contributed by atoms with Gasteiger partial charge in [0, 0.05) is 37.9 Å². The molecule has 1 amide bonds. The standard InChI is InChI=1S/C17H20N4O2/c1-12-14(10-19-23-12)17(22)21-9-6-15-16(21)5-8-20(15)11-13-4-2-3-7-18-13/h2-4,7,10,15-16H,5-6,8-9,11H2,1H3/t15-,16+/m1/s1. The van der Waals surface area contributed by atoms with Crippen molar-refractivity contribution < 1.29 is 9.32 Å². The number of aromatic nitrogens is 2. The first-order valence-corrected chi connectivity index (χ1v) is 8.10. The van der Waals surface area contributed by atoms with Gasteiger partial charge < -0.3 is 9.42 Å². The number of pyridine rings is 1. The molecule has 6 nitrogen and oxygen atoms in total. The maximum Gasteiger partial charge on any atom is 0.259 e. The lowest BCUT2D eigenvalue weighted by Gasteiger charge is -2.25. The molecule has 2 aliphatic rings. The SMILES string of the molecule is Cc1oncc1C(=O)N1CC[C@@H]2[C@@H]1CCN2Cc1ccccn1. The van der Waals surface area contributed by atoms with E-state index in [1.54, 1.807) is 6.92 Å². The van der Waals surface area contributed by atoms with Gasteiger partial charge in [0.15, 0.2) is 0 Å². The van der Waals surface area contributed by atoms with Crippen LogP contribution in [0.3, 0.4) is 0 Å². The van der Waals surface area contributed by atoms with Gasteiger partial charge in [-0.1, -0.05) is 11.2 Å². The second kappa shape index (κ2) is 5.77. The highest BCUT2D eigenvalue weighted by molar-refractivity contribution is 5.95. The predicted octanol–water partition coefficient (Wildman–Crippen LogP) is 1.87. The molecule has 2 aromatic heterocycles. The number of aryl methyl sites for hydroxylation is 1. The Balaban J connectivity index is 1.48. The van der Waals surface area contributed by atoms with E-state index in [2.05, 4.69) is 21.1 Å². The topological polar surface area (TPSA) is 62.5 Å². The van der Waals surface area contributed by atoms with Crippen LogP contribution >= 0.6 is 0 Å². The van der Waals surface area contributed by atoms with Crippen LogP contribution in [0.5, 0.6) is 0 Å². The van der Waals surface area contributed by atoms with E-state index < -0.39 is 0 Å². The average molecular weight is 312 g/mol. The summed E-state index contributed by atoms with van der Waals surface area (Å²) in [4.78, 5) is 21.6. The smallest absolute Gasteiger partial charge is 0.259 e. The minimum Gasteiger partial charge on any atom is -0.361 e. The number of nitrogens with zero attached hydrogens (tertiary/aromatic N) is 4. The van der Waals surface area contributed by atoms with Crippen LogP contribution < -0.4 is 0 Å². The second-order valence-electron chi connectivity index (χ2n) is 6.30. The molecule has 0 saturated carbocycles. The molecule has 0 unspecified atom stereocenters. The largest absolute Gasteiger partial charge is 0.361 e. The van der Waals surface area contributed by atoms with Gasteiger partial charge in [0.1, 0.15) is 11.3 Å². The maximum absolute atomic E-state index is 12.7. The van der Waals surface area contributed by atoms with Gasteiger partial charge in [0.2, 0.25) is 0 Å². The zero-order valence-corrected chi connectivity index (χ0v) is 13.2. The summed E-state index contributed by atoms with van der Waals surface area (Å²) in [6.45, 7) is 4.46. The predicted molar refractivity (Wildman–Crippen MR) is 83.7 cm³/mol. The van der Waals surface area contributed by atoms with Gasteiger partial charge in [-0.3, -0.25) is 14.7 Å². The Morgan fingerprint density at radius 3 is 2.91 bits per heavy atom. The van der Waals surface area contributed by atoms with Crippen LogP contribution in [0, 0.1) is 6.92 Å². The molecule has 2 fully saturated rings. The van der Waals surface area contributed by atoms with Crippen molar-refractivity contribution in [1.29, 1.82) is 0 Å². The molecule has 4 heterocycles. The molecule has 23 heavy (non-hydrogen) atoms. The Morgan fingerprint density at radius 1 is 1.30 bits per heavy atom. The van der Waals surface area contributed by atoms with Crippen LogP contribution in [0.1, 0.15) is 34.7 Å². The monoisotopic (exact) mass is 312 g/mol. The van der Waals surface area contributed by atoms with Gasteiger partial charge in [-0.2, -0.15) is 0 Å². The van der Waals surface area contributed by atoms with Gasteiger partial charge >= 0.3 is 0 Å². The highest BCUT2D eigenvalue weighted by atomic mass is 16.5. The van der Waals surface area contributed by atoms with Crippen molar-refractivity contribution in [2.75, 3.05) is 13.1 Å². The second-order valence-corrected chi connectivity index (χ2v) is 6.30. The third kappa shape index (κ3) is 2.53. The van der Waals surface area contributed by atoms with Crippen LogP contribution in [0.15, 0.2) is 35.1 Å². The third-order valence-electron chi connectivity index (χ3n) is 5.02. The van der Waals surface area contributed by atoms with E-state index in [1.165, 1.54) is 6.20 Å². The zero-order valence-electron chi connectivity index (χ0n) is 13.2. The van der Waals surface area contributed by atoms with Crippen molar-refractivity contribution in [2.24, 2.45) is 0 Å². The van der Waals surface area contributed by atoms with Crippen molar-refractivity contribution in [1.82, 2.24) is 19.9 Å². The molecule has 0 radical (unpaired) electrons. The fourth-order valence-electron chi connectivity index (χ4n) is 3.88. The van der Waals surface area contributed by atoms with Crippen molar-refractivity contribution >= 4 is 5.91 Å². The fraction of sp³-hybridized carbons (Fsp3) is 0.471. The van der Waals surface area contributed by atoms with Crippen molar-refractivity contribution in [2.45, 2.75) is 38.4 Å². The normalized spacial score (nSPS) is 24.1. The molecule has 0 bridgehead atoms. The minimum absolute atomic E-state index is 0.0518. The van der Waals surface area contributed by atoms with Gasteiger partial charge in [0.25, 0.3) is 5.91 Å². The first kappa shape index (κ1) is 14.4. The molecule has 6 heteroatoms. The molecular formula is C17H20N4O2. The lowest BCUT2D eigenvalue weighted by atomic mass is 10.1. The summed E-state index contributed by atoms with van der Waals surface area (Å²) in [5, 5.41) is 3.73. The van der Waals surface area contributed by atoms with Crippen molar-refractivity contribution in [3.05, 3.63) is 47.6 Å². The summed E-state index contributed by atoms with van der Waals surface area (Å²) in [5.74, 6) is 0.651. The number of hydrogen-bond acceptors (Lipinski definition) is 5. The molecular weight excluding hydrogens is 292 g/mol. The first-order valence-electron chi connectivity index (χ1n) is 8.10. The number of fused-ring (bicyclic) bond motifs is 1. The first-order chi connectivity index (χ1) is 11.2. The fourth-order valence-corrected chi connectivity index (χ4v) is 3.88. The summed E-state index contributed by atoms with van der Waals surface area (Å²) >= 11 is 0. The van der Waals surface area contributed by atoms with Crippen LogP contribution in [0.25, 0.3) is 0 Å². The number of carbonyl (C=O) groups is 1. The molecule has 120 valence electrons. The van der Waals surface area contributed by atoms with E-state index in [4.69, 9.17) is 4.52 Å². The molecule has 2 aromatic rings. The lowest BCUT2D eigenvalue weighted by Crippen LogP contribution is -2.39. The number of carbonyl (C=O) groups excluding carboxylic acids is 1. The van der Waals surface area contributed by atoms with Gasteiger partial charge in [0.05, 0.1) is 11.9 Å². The van der Waals surface area contributed by atoms with E-state index in [9.17, 15) is 4.79 Å². The average Bonchev–Trinajstić information content (AvgIpc) is 3.25. The summed E-state index contributed by atoms with van der Waals surface area (Å²) in [5.41, 5.74) is 1.68. The van der Waals surface area contributed by atoms with Crippen LogP contribution in [-0.4, -0.2) is 51.0 Å². The molecule has 0 N–H and O–H groups in total. The highest BCUT2D eigenvalue weighted by Crippen LogP contribution is 2.33. The Morgan fingerprint density at radius 2 is 2.17 bits per heavy atom. The number of likely N-dealkylation sites (tertiary alicyclic amines) is 2. The summed E-state index contributed by atoms with van der Waals surface area (Å²) in [6, 6.07) is 6.75. The van der Waals surface area contributed by atoms with Crippen molar-refractivity contribution in [3.63, 3.8) is 0 Å². The Labute approximate surface area is 135 Å². The molecule has 2 saturated heterocycles. The Bertz CT molecular complexity index is 700. The molecule has 0 aromatic carbocycles. The van der Waals surface area contributed by atoms with Crippen LogP contribution in [0.4, 0.5) is 0 Å². The summed E-state index contributed by atoms with van der Waals surface area (Å²) < 4.78 is 5.04. The molecule has 4 rings (SSSR count). The van der Waals surface area contributed by atoms with Crippen LogP contribution in [-0.2, 0) is 6.54 Å². The van der Waals surface area contributed by atoms with Gasteiger partial charge in [-0.05, 0) is 31.9 Å². The highest BCUT2D eigenvalue weighted by Gasteiger charge is 2.44. The summed E-state index contributed by atoms with van der Waals surface area (Å²) in [6.07, 6.45) is 5.41. The van der Waals surface area contributed by atoms with E-state index in [1.807, 2.05) is 23.2 Å². The van der Waals surface area contributed by atoms with Gasteiger partial charge in [-0.25, -0.2) is 0 Å². The van der Waals surface area contributed by atoms with E-state index in [0.717, 1.165) is 38.2 Å². The van der Waals surface area contributed by atoms with E-state index >= 15 is 0 Å². The molecule has 2 aliphatic heterocycles. The quantitative estimate of drug-likeness (QED) is 0.866. The number of hydrogen-bond donors (Lipinski definition) is 0. The number of rotatable bonds is 3. The Hall–Kier alpha value is -2.21. The number of amides is 1. The molecule has 0 aliphatic carbocycles. The Kier molecular flexibility index (Phi) is 3.61. The van der Waals surface area contributed by atoms with Crippen LogP contribution in [0.2, 0.25) is 0 Å². The van der Waals surface area contributed by atoms with E-state index in [0.29, 0.717) is 23.4 Å². The lowest BCUT2D eigenvalue weighted by molar-refractivity contribution is 0.0730. The van der Waals surface area contributed by atoms with Crippen molar-refractivity contribution in [3.8, 4) is 0 Å². The molecule has 0 spiro atoms.